The molecular weight excluding hydrogens is 488 g/mol. The van der Waals surface area contributed by atoms with Crippen molar-refractivity contribution in [1.82, 2.24) is 24.4 Å². The first-order valence-corrected chi connectivity index (χ1v) is 12.9. The molecule has 0 saturated heterocycles. The van der Waals surface area contributed by atoms with Crippen molar-refractivity contribution in [3.8, 4) is 34.0 Å². The molecule has 0 bridgehead atoms. The van der Waals surface area contributed by atoms with Crippen LogP contribution in [0.5, 0.6) is 11.6 Å². The van der Waals surface area contributed by atoms with Gasteiger partial charge in [-0.1, -0.05) is 30.8 Å². The fraction of sp³-hybridized carbons (Fsp3) is 0.161. The van der Waals surface area contributed by atoms with Crippen molar-refractivity contribution < 1.29 is 9.53 Å². The lowest BCUT2D eigenvalue weighted by atomic mass is 9.94. The van der Waals surface area contributed by atoms with E-state index in [9.17, 15) is 4.79 Å². The molecule has 8 nitrogen and oxygen atoms in total. The Hall–Kier alpha value is -4.98. The Morgan fingerprint density at radius 1 is 1.05 bits per heavy atom. The van der Waals surface area contributed by atoms with Crippen LogP contribution >= 0.6 is 0 Å². The van der Waals surface area contributed by atoms with Gasteiger partial charge >= 0.3 is 0 Å². The maximum absolute atomic E-state index is 12.3. The molecule has 0 atom stereocenters. The summed E-state index contributed by atoms with van der Waals surface area (Å²) in [6.45, 7) is 7.36. The number of benzene rings is 2. The third kappa shape index (κ3) is 3.75. The van der Waals surface area contributed by atoms with E-state index in [0.29, 0.717) is 25.5 Å². The average Bonchev–Trinajstić information content (AvgIpc) is 3.45. The molecule has 5 heterocycles. The Bertz CT molecular complexity index is 1820. The molecule has 1 N–H and O–H groups in total. The fourth-order valence-electron chi connectivity index (χ4n) is 5.71. The summed E-state index contributed by atoms with van der Waals surface area (Å²) in [6, 6.07) is 18.4. The number of aryl methyl sites for hydroxylation is 2. The summed E-state index contributed by atoms with van der Waals surface area (Å²) in [5, 5.41) is 4.51. The van der Waals surface area contributed by atoms with Crippen molar-refractivity contribution in [2.24, 2.45) is 7.05 Å². The molecule has 0 fully saturated rings. The van der Waals surface area contributed by atoms with E-state index >= 15 is 0 Å². The number of hydrogen-bond acceptors (Lipinski definition) is 6. The number of hydrogen-bond donors (Lipinski definition) is 1. The van der Waals surface area contributed by atoms with Gasteiger partial charge in [-0.25, -0.2) is 15.0 Å². The van der Waals surface area contributed by atoms with Crippen LogP contribution in [-0.2, 0) is 31.5 Å². The van der Waals surface area contributed by atoms with Crippen molar-refractivity contribution in [2.75, 3.05) is 5.32 Å². The van der Waals surface area contributed by atoms with Crippen LogP contribution in [0.25, 0.3) is 33.4 Å². The Morgan fingerprint density at radius 3 is 2.77 bits per heavy atom. The number of nitrogens with one attached hydrogen (secondary N) is 1. The first-order valence-electron chi connectivity index (χ1n) is 12.9. The number of amides is 1. The topological polar surface area (TPSA) is 85.2 Å². The minimum Gasteiger partial charge on any atom is -0.439 e. The summed E-state index contributed by atoms with van der Waals surface area (Å²) in [5.74, 6) is 2.04. The summed E-state index contributed by atoms with van der Waals surface area (Å²) in [6.07, 6.45) is 2.98. The molecule has 0 aliphatic carbocycles. The number of carbonyl (C=O) groups excluding carboxylic acids is 1. The summed E-state index contributed by atoms with van der Waals surface area (Å²) >= 11 is 0. The number of carbonyl (C=O) groups is 1. The van der Waals surface area contributed by atoms with Crippen LogP contribution < -0.4 is 10.1 Å². The van der Waals surface area contributed by atoms with E-state index in [2.05, 4.69) is 61.7 Å². The lowest BCUT2D eigenvalue weighted by Gasteiger charge is -2.14. The minimum atomic E-state index is -0.0530. The van der Waals surface area contributed by atoms with Crippen molar-refractivity contribution in [3.63, 3.8) is 0 Å². The van der Waals surface area contributed by atoms with Crippen LogP contribution in [-0.4, -0.2) is 30.3 Å². The van der Waals surface area contributed by atoms with Gasteiger partial charge in [0, 0.05) is 44.0 Å². The molecular formula is C31H26N6O2. The van der Waals surface area contributed by atoms with Gasteiger partial charge in [-0.2, -0.15) is 0 Å². The normalized spacial score (nSPS) is 13.4. The van der Waals surface area contributed by atoms with Gasteiger partial charge in [-0.3, -0.25) is 4.79 Å². The first-order chi connectivity index (χ1) is 19.0. The molecule has 0 spiro atoms. The Labute approximate surface area is 225 Å². The van der Waals surface area contributed by atoms with Gasteiger partial charge in [0.15, 0.2) is 0 Å². The van der Waals surface area contributed by atoms with E-state index in [0.717, 1.165) is 67.4 Å². The molecule has 7 rings (SSSR count). The monoisotopic (exact) mass is 514 g/mol. The number of rotatable bonds is 4. The van der Waals surface area contributed by atoms with Crippen molar-refractivity contribution in [3.05, 3.63) is 96.0 Å². The van der Waals surface area contributed by atoms with E-state index in [-0.39, 0.29) is 5.91 Å². The van der Waals surface area contributed by atoms with Crippen LogP contribution in [0.1, 0.15) is 22.4 Å². The summed E-state index contributed by atoms with van der Waals surface area (Å²) in [7, 11) is 2.04. The van der Waals surface area contributed by atoms with Gasteiger partial charge in [0.2, 0.25) is 11.8 Å². The molecule has 3 aromatic heterocycles. The number of fused-ring (bicyclic) bond motifs is 3. The third-order valence-electron chi connectivity index (χ3n) is 7.53. The van der Waals surface area contributed by atoms with Gasteiger partial charge in [-0.15, -0.1) is 0 Å². The summed E-state index contributed by atoms with van der Waals surface area (Å²) < 4.78 is 8.25. The van der Waals surface area contributed by atoms with E-state index in [1.165, 1.54) is 6.08 Å². The quantitative estimate of drug-likeness (QED) is 0.307. The Balaban J connectivity index is 1.37. The molecule has 2 aromatic carbocycles. The highest BCUT2D eigenvalue weighted by atomic mass is 16.5. The highest BCUT2D eigenvalue weighted by Gasteiger charge is 2.28. The van der Waals surface area contributed by atoms with E-state index in [1.54, 1.807) is 6.33 Å². The molecule has 0 unspecified atom stereocenters. The van der Waals surface area contributed by atoms with Crippen LogP contribution in [0.15, 0.2) is 73.6 Å². The van der Waals surface area contributed by atoms with Gasteiger partial charge in [-0.05, 0) is 65.1 Å². The van der Waals surface area contributed by atoms with Crippen molar-refractivity contribution in [1.29, 1.82) is 0 Å². The Kier molecular flexibility index (Phi) is 5.23. The number of aromatic nitrogens is 4. The molecule has 5 aromatic rings. The zero-order valence-electron chi connectivity index (χ0n) is 21.7. The maximum atomic E-state index is 12.3. The lowest BCUT2D eigenvalue weighted by molar-refractivity contribution is -0.126. The van der Waals surface area contributed by atoms with Crippen molar-refractivity contribution >= 4 is 22.8 Å². The molecule has 192 valence electrons. The maximum Gasteiger partial charge on any atom is 0.246 e. The van der Waals surface area contributed by atoms with Gasteiger partial charge in [0.05, 0.1) is 11.1 Å². The van der Waals surface area contributed by atoms with E-state index in [4.69, 9.17) is 4.74 Å². The minimum absolute atomic E-state index is 0.0530. The molecule has 0 radical (unpaired) electrons. The number of nitrogens with zero attached hydrogens (tertiary/aromatic N) is 5. The molecule has 1 amide bonds. The number of ether oxygens (including phenoxy) is 1. The molecule has 0 saturated carbocycles. The second kappa shape index (κ2) is 8.80. The number of anilines is 1. The zero-order valence-corrected chi connectivity index (χ0v) is 21.7. The third-order valence-corrected chi connectivity index (χ3v) is 7.53. The van der Waals surface area contributed by atoms with Gasteiger partial charge < -0.3 is 19.5 Å². The predicted octanol–water partition coefficient (Wildman–Crippen LogP) is 5.75. The SMILES string of the molecule is C=CC(=O)N1Cc2ccc(-c3c4c5c(ncnc5n3C)NCc3cc(Oc5cccc(C)n5)ccc3-4)cc2C1. The molecule has 8 heteroatoms. The number of pyridine rings is 1. The van der Waals surface area contributed by atoms with E-state index < -0.39 is 0 Å². The molecule has 2 aliphatic heterocycles. The van der Waals surface area contributed by atoms with Crippen LogP contribution in [0.2, 0.25) is 0 Å². The fourth-order valence-corrected chi connectivity index (χ4v) is 5.71. The van der Waals surface area contributed by atoms with Crippen LogP contribution in [0, 0.1) is 6.92 Å². The predicted molar refractivity (Wildman–Crippen MR) is 150 cm³/mol. The highest BCUT2D eigenvalue weighted by Crippen LogP contribution is 2.46. The standard InChI is InChI=1S/C31H26N6O2/c1-4-26(38)37-15-20-9-8-19(12-22(20)16-37)29-27-24-11-10-23(39-25-7-5-6-18(2)35-25)13-21(24)14-32-30-28(27)31(36(29)3)34-17-33-30/h4-13,17H,1,14-16H2,2-3H3,(H,32,33,34). The lowest BCUT2D eigenvalue weighted by Crippen LogP contribution is -2.22. The first kappa shape index (κ1) is 23.2. The van der Waals surface area contributed by atoms with Crippen molar-refractivity contribution in [2.45, 2.75) is 26.6 Å². The summed E-state index contributed by atoms with van der Waals surface area (Å²) in [4.78, 5) is 27.8. The van der Waals surface area contributed by atoms with Gasteiger partial charge in [0.1, 0.15) is 23.5 Å². The molecule has 39 heavy (non-hydrogen) atoms. The van der Waals surface area contributed by atoms with Crippen LogP contribution in [0.3, 0.4) is 0 Å². The second-order valence-electron chi connectivity index (χ2n) is 9.98. The van der Waals surface area contributed by atoms with Gasteiger partial charge in [0.25, 0.3) is 0 Å². The largest absolute Gasteiger partial charge is 0.439 e. The second-order valence-corrected chi connectivity index (χ2v) is 9.98. The Morgan fingerprint density at radius 2 is 1.92 bits per heavy atom. The zero-order chi connectivity index (χ0) is 26.7. The molecule has 2 aliphatic rings. The summed E-state index contributed by atoms with van der Waals surface area (Å²) in [5.41, 5.74) is 9.48. The highest BCUT2D eigenvalue weighted by molar-refractivity contribution is 6.09. The van der Waals surface area contributed by atoms with E-state index in [1.807, 2.05) is 43.1 Å². The average molecular weight is 515 g/mol. The van der Waals surface area contributed by atoms with Crippen LogP contribution in [0.4, 0.5) is 5.82 Å². The smallest absolute Gasteiger partial charge is 0.246 e.